The first-order chi connectivity index (χ1) is 14.4. The maximum atomic E-state index is 13.4. The fourth-order valence-electron chi connectivity index (χ4n) is 3.33. The van der Waals surface area contributed by atoms with Gasteiger partial charge in [-0.05, 0) is 25.0 Å². The fraction of sp³-hybridized carbons (Fsp3) is 0.421. The van der Waals surface area contributed by atoms with E-state index >= 15 is 0 Å². The number of nitrogens with one attached hydrogen (secondary N) is 1. The molecule has 2 heterocycles. The molecule has 158 valence electrons. The van der Waals surface area contributed by atoms with Crippen molar-refractivity contribution in [1.29, 1.82) is 5.26 Å². The Bertz CT molecular complexity index is 968. The highest BCUT2D eigenvalue weighted by Crippen LogP contribution is 2.37. The molecule has 30 heavy (non-hydrogen) atoms. The quantitative estimate of drug-likeness (QED) is 0.715. The number of ether oxygens (including phenoxy) is 2. The van der Waals surface area contributed by atoms with Gasteiger partial charge in [0.2, 0.25) is 5.91 Å². The number of hydrogen-bond acceptors (Lipinski definition) is 7. The standard InChI is InChI=1S/C19H17F3N4O3S/c20-11-1-2-15(29-18(21)22)16(5-11)28-13-3-10(4-13)17(27)25-12-8-26(9-12)19-24-7-14(6-23)30-19/h1-2,5,7,10,12-13,18H,3-4,8-9H2,(H,25,27)/t10-,13-. The molecule has 1 saturated heterocycles. The van der Waals surface area contributed by atoms with E-state index in [9.17, 15) is 18.0 Å². The van der Waals surface area contributed by atoms with Crippen LogP contribution in [0.2, 0.25) is 0 Å². The van der Waals surface area contributed by atoms with Crippen molar-refractivity contribution in [3.63, 3.8) is 0 Å². The number of halogens is 3. The molecule has 0 spiro atoms. The number of anilines is 1. The average Bonchev–Trinajstić information content (AvgIpc) is 3.10. The van der Waals surface area contributed by atoms with Crippen molar-refractivity contribution in [2.24, 2.45) is 5.92 Å². The zero-order valence-corrected chi connectivity index (χ0v) is 16.4. The molecule has 1 aromatic heterocycles. The normalized spacial score (nSPS) is 20.8. The Kier molecular flexibility index (Phi) is 5.67. The van der Waals surface area contributed by atoms with E-state index in [1.54, 1.807) is 0 Å². The molecule has 0 unspecified atom stereocenters. The molecule has 1 aliphatic heterocycles. The summed E-state index contributed by atoms with van der Waals surface area (Å²) >= 11 is 1.31. The molecule has 7 nitrogen and oxygen atoms in total. The smallest absolute Gasteiger partial charge is 0.387 e. The van der Waals surface area contributed by atoms with Crippen molar-refractivity contribution >= 4 is 22.4 Å². The molecule has 1 aliphatic carbocycles. The van der Waals surface area contributed by atoms with Crippen LogP contribution in [0.3, 0.4) is 0 Å². The van der Waals surface area contributed by atoms with Crippen LogP contribution >= 0.6 is 11.3 Å². The molecular weight excluding hydrogens is 421 g/mol. The van der Waals surface area contributed by atoms with E-state index in [1.165, 1.54) is 17.5 Å². The van der Waals surface area contributed by atoms with Gasteiger partial charge in [0.1, 0.15) is 22.9 Å². The first kappa shape index (κ1) is 20.3. The molecule has 4 rings (SSSR count). The third kappa shape index (κ3) is 4.43. The first-order valence-corrected chi connectivity index (χ1v) is 10.0. The van der Waals surface area contributed by atoms with E-state index < -0.39 is 12.4 Å². The second-order valence-corrected chi connectivity index (χ2v) is 8.12. The van der Waals surface area contributed by atoms with Gasteiger partial charge in [0, 0.05) is 25.1 Å². The molecule has 2 aromatic rings. The number of carbonyl (C=O) groups excluding carboxylic acids is 1. The summed E-state index contributed by atoms with van der Waals surface area (Å²) in [6.45, 7) is -1.81. The summed E-state index contributed by atoms with van der Waals surface area (Å²) in [6, 6.07) is 5.13. The van der Waals surface area contributed by atoms with Crippen LogP contribution in [0.25, 0.3) is 0 Å². The predicted molar refractivity (Wildman–Crippen MR) is 101 cm³/mol. The second kappa shape index (κ2) is 8.39. The van der Waals surface area contributed by atoms with Crippen molar-refractivity contribution in [1.82, 2.24) is 10.3 Å². The average molecular weight is 438 g/mol. The molecular formula is C19H17F3N4O3S. The van der Waals surface area contributed by atoms with Crippen LogP contribution in [0, 0.1) is 23.1 Å². The van der Waals surface area contributed by atoms with E-state index in [1.807, 2.05) is 11.0 Å². The third-order valence-corrected chi connectivity index (χ3v) is 5.95. The Hall–Kier alpha value is -3.00. The van der Waals surface area contributed by atoms with Gasteiger partial charge in [0.25, 0.3) is 0 Å². The Morgan fingerprint density at radius 2 is 2.10 bits per heavy atom. The van der Waals surface area contributed by atoms with Gasteiger partial charge in [0.05, 0.1) is 12.2 Å². The van der Waals surface area contributed by atoms with E-state index in [-0.39, 0.29) is 35.5 Å². The zero-order chi connectivity index (χ0) is 21.3. The highest BCUT2D eigenvalue weighted by atomic mass is 32.1. The number of amides is 1. The maximum absolute atomic E-state index is 13.4. The molecule has 0 bridgehead atoms. The van der Waals surface area contributed by atoms with Gasteiger partial charge in [-0.15, -0.1) is 0 Å². The van der Waals surface area contributed by atoms with E-state index in [4.69, 9.17) is 10.00 Å². The Morgan fingerprint density at radius 1 is 1.33 bits per heavy atom. The summed E-state index contributed by atoms with van der Waals surface area (Å²) in [7, 11) is 0. The monoisotopic (exact) mass is 438 g/mol. The lowest BCUT2D eigenvalue weighted by molar-refractivity contribution is -0.131. The maximum Gasteiger partial charge on any atom is 0.387 e. The van der Waals surface area contributed by atoms with Gasteiger partial charge < -0.3 is 19.7 Å². The summed E-state index contributed by atoms with van der Waals surface area (Å²) in [5.74, 6) is -1.32. The second-order valence-electron chi connectivity index (χ2n) is 7.11. The summed E-state index contributed by atoms with van der Waals surface area (Å²) in [6.07, 6.45) is 1.97. The number of aromatic nitrogens is 1. The van der Waals surface area contributed by atoms with Crippen LogP contribution in [0.5, 0.6) is 11.5 Å². The summed E-state index contributed by atoms with van der Waals surface area (Å²) in [4.78, 5) is 19.1. The van der Waals surface area contributed by atoms with Crippen molar-refractivity contribution < 1.29 is 27.4 Å². The first-order valence-electron chi connectivity index (χ1n) is 9.23. The Labute approximate surface area is 174 Å². The Morgan fingerprint density at radius 3 is 2.77 bits per heavy atom. The molecule has 2 aliphatic rings. The molecule has 1 N–H and O–H groups in total. The topological polar surface area (TPSA) is 87.5 Å². The van der Waals surface area contributed by atoms with Crippen molar-refractivity contribution in [3.8, 4) is 17.6 Å². The van der Waals surface area contributed by atoms with Gasteiger partial charge in [-0.1, -0.05) is 11.3 Å². The van der Waals surface area contributed by atoms with E-state index in [0.717, 1.165) is 23.3 Å². The number of rotatable bonds is 7. The molecule has 2 fully saturated rings. The molecule has 1 aromatic carbocycles. The van der Waals surface area contributed by atoms with Gasteiger partial charge in [-0.2, -0.15) is 14.0 Å². The van der Waals surface area contributed by atoms with Crippen molar-refractivity contribution in [2.45, 2.75) is 31.6 Å². The summed E-state index contributed by atoms with van der Waals surface area (Å²) in [5, 5.41) is 12.6. The lowest BCUT2D eigenvalue weighted by Gasteiger charge is -2.41. The minimum atomic E-state index is -3.05. The minimum absolute atomic E-state index is 0.00108. The van der Waals surface area contributed by atoms with Crippen LogP contribution in [0.1, 0.15) is 17.7 Å². The molecule has 0 radical (unpaired) electrons. The predicted octanol–water partition coefficient (Wildman–Crippen LogP) is 2.92. The molecule has 1 amide bonds. The number of thiazole rings is 1. The number of benzene rings is 1. The SMILES string of the molecule is N#Cc1cnc(N2CC(NC(=O)[C@H]3C[C@H](Oc4cc(F)ccc4OC(F)F)C3)C2)s1. The summed E-state index contributed by atoms with van der Waals surface area (Å²) < 4.78 is 48.3. The lowest BCUT2D eigenvalue weighted by Crippen LogP contribution is -2.61. The van der Waals surface area contributed by atoms with Crippen LogP contribution < -0.4 is 19.7 Å². The Balaban J connectivity index is 1.22. The number of hydrogen-bond donors (Lipinski definition) is 1. The largest absolute Gasteiger partial charge is 0.486 e. The molecule has 0 atom stereocenters. The number of nitrogens with zero attached hydrogens (tertiary/aromatic N) is 3. The lowest BCUT2D eigenvalue weighted by atomic mass is 9.81. The van der Waals surface area contributed by atoms with Gasteiger partial charge in [-0.25, -0.2) is 9.37 Å². The highest BCUT2D eigenvalue weighted by molar-refractivity contribution is 7.16. The van der Waals surface area contributed by atoms with Crippen molar-refractivity contribution in [2.75, 3.05) is 18.0 Å². The van der Waals surface area contributed by atoms with Gasteiger partial charge in [0.15, 0.2) is 16.6 Å². The molecule has 11 heteroatoms. The fourth-order valence-corrected chi connectivity index (χ4v) is 4.06. The van der Waals surface area contributed by atoms with Crippen LogP contribution in [0.4, 0.5) is 18.3 Å². The number of carbonyl (C=O) groups is 1. The number of alkyl halides is 2. The van der Waals surface area contributed by atoms with E-state index in [2.05, 4.69) is 15.0 Å². The zero-order valence-electron chi connectivity index (χ0n) is 15.6. The third-order valence-electron chi connectivity index (χ3n) is 4.98. The van der Waals surface area contributed by atoms with Crippen LogP contribution in [-0.4, -0.2) is 42.7 Å². The van der Waals surface area contributed by atoms with Crippen LogP contribution in [-0.2, 0) is 4.79 Å². The van der Waals surface area contributed by atoms with Gasteiger partial charge in [-0.3, -0.25) is 4.79 Å². The minimum Gasteiger partial charge on any atom is -0.486 e. The van der Waals surface area contributed by atoms with Gasteiger partial charge >= 0.3 is 6.61 Å². The summed E-state index contributed by atoms with van der Waals surface area (Å²) in [5.41, 5.74) is 0. The molecule has 1 saturated carbocycles. The van der Waals surface area contributed by atoms with E-state index in [0.29, 0.717) is 30.8 Å². The highest BCUT2D eigenvalue weighted by Gasteiger charge is 2.39. The van der Waals surface area contributed by atoms with Crippen LogP contribution in [0.15, 0.2) is 24.4 Å². The number of nitriles is 1. The van der Waals surface area contributed by atoms with Crippen molar-refractivity contribution in [3.05, 3.63) is 35.1 Å².